The molecule has 0 aromatic carbocycles. The highest BCUT2D eigenvalue weighted by molar-refractivity contribution is 5.80. The lowest BCUT2D eigenvalue weighted by atomic mass is 9.95. The van der Waals surface area contributed by atoms with Crippen molar-refractivity contribution in [2.45, 2.75) is 38.8 Å². The van der Waals surface area contributed by atoms with Crippen LogP contribution in [-0.2, 0) is 4.79 Å². The molecule has 0 spiro atoms. The summed E-state index contributed by atoms with van der Waals surface area (Å²) in [6.07, 6.45) is 1.71. The fourth-order valence-electron chi connectivity index (χ4n) is 3.14. The highest BCUT2D eigenvalue weighted by Gasteiger charge is 2.33. The average Bonchev–Trinajstić information content (AvgIpc) is 2.37. The third-order valence-corrected chi connectivity index (χ3v) is 3.95. The van der Waals surface area contributed by atoms with E-state index in [4.69, 9.17) is 5.73 Å². The Bertz CT molecular complexity index is 351. The lowest BCUT2D eigenvalue weighted by Gasteiger charge is -2.39. The number of amides is 3. The van der Waals surface area contributed by atoms with Crippen LogP contribution >= 0.6 is 0 Å². The minimum absolute atomic E-state index is 0.0845. The lowest BCUT2D eigenvalue weighted by molar-refractivity contribution is -0.138. The monoisotopic (exact) mass is 268 g/mol. The van der Waals surface area contributed by atoms with Crippen LogP contribution in [0.1, 0.15) is 26.7 Å². The summed E-state index contributed by atoms with van der Waals surface area (Å²) in [5.41, 5.74) is 5.30. The van der Waals surface area contributed by atoms with Crippen LogP contribution in [0, 0.1) is 5.92 Å². The Morgan fingerprint density at radius 2 is 1.74 bits per heavy atom. The Hall–Kier alpha value is -1.30. The van der Waals surface area contributed by atoms with E-state index in [1.165, 1.54) is 0 Å². The van der Waals surface area contributed by atoms with Gasteiger partial charge in [-0.3, -0.25) is 4.79 Å². The number of piperazine rings is 1. The fraction of sp³-hybridized carbons (Fsp3) is 0.846. The van der Waals surface area contributed by atoms with Crippen LogP contribution in [0.2, 0.25) is 0 Å². The molecule has 0 bridgehead atoms. The van der Waals surface area contributed by atoms with Crippen LogP contribution in [0.15, 0.2) is 0 Å². The molecule has 0 unspecified atom stereocenters. The van der Waals surface area contributed by atoms with E-state index in [0.29, 0.717) is 25.2 Å². The van der Waals surface area contributed by atoms with E-state index in [0.717, 1.165) is 25.9 Å². The van der Waals surface area contributed by atoms with Gasteiger partial charge in [-0.2, -0.15) is 0 Å². The summed E-state index contributed by atoms with van der Waals surface area (Å²) >= 11 is 0. The van der Waals surface area contributed by atoms with Crippen molar-refractivity contribution in [3.8, 4) is 0 Å². The summed E-state index contributed by atoms with van der Waals surface area (Å²) in [4.78, 5) is 27.3. The largest absolute Gasteiger partial charge is 0.351 e. The smallest absolute Gasteiger partial charge is 0.314 e. The number of carbonyl (C=O) groups is 2. The predicted octanol–water partition coefficient (Wildman–Crippen LogP) is -0.0141. The number of hydrogen-bond acceptors (Lipinski definition) is 3. The van der Waals surface area contributed by atoms with Crippen LogP contribution in [0.25, 0.3) is 0 Å². The van der Waals surface area contributed by atoms with Gasteiger partial charge in [0.15, 0.2) is 0 Å². The minimum atomic E-state index is -0.417. The molecule has 0 saturated carbocycles. The first-order chi connectivity index (χ1) is 8.97. The third kappa shape index (κ3) is 3.37. The van der Waals surface area contributed by atoms with E-state index in [9.17, 15) is 9.59 Å². The quantitative estimate of drug-likeness (QED) is 0.702. The molecule has 0 aliphatic carbocycles. The first-order valence-electron chi connectivity index (χ1n) is 7.06. The van der Waals surface area contributed by atoms with Crippen molar-refractivity contribution in [3.05, 3.63) is 0 Å². The maximum atomic E-state index is 12.5. The van der Waals surface area contributed by atoms with E-state index >= 15 is 0 Å². The molecule has 2 saturated heterocycles. The van der Waals surface area contributed by atoms with Gasteiger partial charge in [-0.25, -0.2) is 4.79 Å². The molecule has 108 valence electrons. The molecular weight excluding hydrogens is 244 g/mol. The van der Waals surface area contributed by atoms with Gasteiger partial charge in [-0.15, -0.1) is 0 Å². The maximum absolute atomic E-state index is 12.5. The number of nitrogens with two attached hydrogens (primary N) is 1. The molecule has 2 aliphatic heterocycles. The number of hydrogen-bond donors (Lipinski definition) is 2. The number of urea groups is 1. The van der Waals surface area contributed by atoms with Gasteiger partial charge in [-0.05, 0) is 26.7 Å². The zero-order valence-corrected chi connectivity index (χ0v) is 11.8. The minimum Gasteiger partial charge on any atom is -0.351 e. The van der Waals surface area contributed by atoms with E-state index in [-0.39, 0.29) is 11.8 Å². The zero-order chi connectivity index (χ0) is 14.0. The molecule has 19 heavy (non-hydrogen) atoms. The van der Waals surface area contributed by atoms with E-state index in [1.54, 1.807) is 4.90 Å². The van der Waals surface area contributed by atoms with Crippen molar-refractivity contribution in [1.82, 2.24) is 15.1 Å². The highest BCUT2D eigenvalue weighted by Crippen LogP contribution is 2.20. The molecule has 2 rings (SSSR count). The number of nitrogens with one attached hydrogen (secondary N) is 1. The number of rotatable bonds is 1. The summed E-state index contributed by atoms with van der Waals surface area (Å²) < 4.78 is 0. The molecule has 3 N–H and O–H groups in total. The van der Waals surface area contributed by atoms with Crippen LogP contribution in [0.3, 0.4) is 0 Å². The highest BCUT2D eigenvalue weighted by atomic mass is 16.2. The number of likely N-dealkylation sites (tertiary alicyclic amines) is 1. The Balaban J connectivity index is 1.96. The predicted molar refractivity (Wildman–Crippen MR) is 72.5 cm³/mol. The Morgan fingerprint density at radius 1 is 1.11 bits per heavy atom. The Kier molecular flexibility index (Phi) is 4.29. The molecule has 3 atom stereocenters. The van der Waals surface area contributed by atoms with Gasteiger partial charge in [0.2, 0.25) is 5.91 Å². The van der Waals surface area contributed by atoms with Crippen molar-refractivity contribution in [2.24, 2.45) is 11.7 Å². The Morgan fingerprint density at radius 3 is 2.32 bits per heavy atom. The molecule has 3 amide bonds. The third-order valence-electron chi connectivity index (χ3n) is 3.95. The summed E-state index contributed by atoms with van der Waals surface area (Å²) in [5, 5.41) is 3.42. The van der Waals surface area contributed by atoms with Gasteiger partial charge < -0.3 is 20.9 Å². The summed E-state index contributed by atoms with van der Waals surface area (Å²) in [5.74, 6) is 0.0879. The fourth-order valence-corrected chi connectivity index (χ4v) is 3.14. The van der Waals surface area contributed by atoms with E-state index in [2.05, 4.69) is 19.2 Å². The van der Waals surface area contributed by atoms with Gasteiger partial charge in [0.1, 0.15) is 0 Å². The topological polar surface area (TPSA) is 78.7 Å². The van der Waals surface area contributed by atoms with Gasteiger partial charge >= 0.3 is 6.03 Å². The number of nitrogens with zero attached hydrogens (tertiary/aromatic N) is 2. The van der Waals surface area contributed by atoms with Crippen molar-refractivity contribution in [3.63, 3.8) is 0 Å². The molecule has 0 radical (unpaired) electrons. The van der Waals surface area contributed by atoms with Crippen molar-refractivity contribution >= 4 is 11.9 Å². The van der Waals surface area contributed by atoms with Crippen LogP contribution in [0.4, 0.5) is 4.79 Å². The second-order valence-electron chi connectivity index (χ2n) is 5.84. The van der Waals surface area contributed by atoms with Crippen molar-refractivity contribution in [1.29, 1.82) is 0 Å². The molecule has 2 aliphatic rings. The first kappa shape index (κ1) is 14.1. The molecular formula is C13H24N4O2. The van der Waals surface area contributed by atoms with Crippen LogP contribution < -0.4 is 11.1 Å². The van der Waals surface area contributed by atoms with Gasteiger partial charge in [-0.1, -0.05) is 0 Å². The standard InChI is InChI=1S/C13H24N4O2/c1-9-6-17(7-10(2)15-9)12(18)11-4-3-5-16(8-11)13(14)19/h9-11,15H,3-8H2,1-2H3,(H2,14,19)/t9-,10+,11-/m0/s1. The second kappa shape index (κ2) is 5.77. The number of carbonyl (C=O) groups excluding carboxylic acids is 2. The molecule has 6 heteroatoms. The second-order valence-corrected chi connectivity index (χ2v) is 5.84. The van der Waals surface area contributed by atoms with Gasteiger partial charge in [0.05, 0.1) is 5.92 Å². The van der Waals surface area contributed by atoms with Gasteiger partial charge in [0.25, 0.3) is 0 Å². The van der Waals surface area contributed by atoms with Crippen LogP contribution in [0.5, 0.6) is 0 Å². The van der Waals surface area contributed by atoms with Crippen LogP contribution in [-0.4, -0.2) is 60.0 Å². The van der Waals surface area contributed by atoms with Gasteiger partial charge in [0, 0.05) is 38.3 Å². The SMILES string of the molecule is C[C@@H]1CN(C(=O)[C@H]2CCCN(C(N)=O)C2)C[C@H](C)N1. The summed E-state index contributed by atoms with van der Waals surface area (Å²) in [6.45, 7) is 6.82. The lowest BCUT2D eigenvalue weighted by Crippen LogP contribution is -2.58. The average molecular weight is 268 g/mol. The van der Waals surface area contributed by atoms with Crippen molar-refractivity contribution in [2.75, 3.05) is 26.2 Å². The maximum Gasteiger partial charge on any atom is 0.314 e. The molecule has 0 aromatic heterocycles. The van der Waals surface area contributed by atoms with E-state index in [1.807, 2.05) is 4.90 Å². The van der Waals surface area contributed by atoms with E-state index < -0.39 is 6.03 Å². The molecule has 2 fully saturated rings. The normalized spacial score (nSPS) is 32.2. The Labute approximate surface area is 114 Å². The molecule has 6 nitrogen and oxygen atoms in total. The first-order valence-corrected chi connectivity index (χ1v) is 7.06. The number of primary amides is 1. The molecule has 0 aromatic rings. The summed E-state index contributed by atoms with van der Waals surface area (Å²) in [6, 6.07) is 0.228. The zero-order valence-electron chi connectivity index (χ0n) is 11.8. The molecule has 2 heterocycles. The summed E-state index contributed by atoms with van der Waals surface area (Å²) in [7, 11) is 0. The van der Waals surface area contributed by atoms with Crippen molar-refractivity contribution < 1.29 is 9.59 Å². The number of piperidine rings is 1.